The smallest absolute Gasteiger partial charge is 0.246 e. The van der Waals surface area contributed by atoms with Gasteiger partial charge in [0.15, 0.2) is 0 Å². The number of anilines is 1. The Hall–Kier alpha value is -1.82. The van der Waals surface area contributed by atoms with Gasteiger partial charge in [-0.05, 0) is 35.0 Å². The Balaban J connectivity index is 2.03. The van der Waals surface area contributed by atoms with E-state index in [4.69, 9.17) is 0 Å². The number of aromatic hydroxyl groups is 1. The van der Waals surface area contributed by atoms with E-state index in [1.807, 2.05) is 6.92 Å². The molecule has 0 saturated carbocycles. The first kappa shape index (κ1) is 12.6. The first-order valence-corrected chi connectivity index (χ1v) is 6.13. The van der Waals surface area contributed by atoms with Crippen molar-refractivity contribution in [3.05, 3.63) is 40.6 Å². The zero-order chi connectivity index (χ0) is 13.1. The number of carbonyl (C=O) groups excluding carboxylic acids is 1. The predicted octanol–water partition coefficient (Wildman–Crippen LogP) is 2.30. The van der Waals surface area contributed by atoms with Gasteiger partial charge < -0.3 is 10.4 Å². The molecule has 1 aromatic heterocycles. The summed E-state index contributed by atoms with van der Waals surface area (Å²) in [5.41, 5.74) is 1.22. The van der Waals surface area contributed by atoms with Crippen LogP contribution in [0.25, 0.3) is 0 Å². The standard InChI is InChI=1S/C12H12BrN3O2/c1-8-9(13)6-16(15-8)7-12(18)14-10-4-2-3-5-11(10)17/h2-6,17H,7H2,1H3,(H,14,18). The average Bonchev–Trinajstić information content (AvgIpc) is 2.61. The molecule has 1 amide bonds. The van der Waals surface area contributed by atoms with Crippen LogP contribution >= 0.6 is 15.9 Å². The number of benzene rings is 1. The summed E-state index contributed by atoms with van der Waals surface area (Å²) in [5, 5.41) is 16.3. The summed E-state index contributed by atoms with van der Waals surface area (Å²) in [6.07, 6.45) is 1.74. The van der Waals surface area contributed by atoms with Crippen LogP contribution in [0.5, 0.6) is 5.75 Å². The van der Waals surface area contributed by atoms with Gasteiger partial charge in [0.05, 0.1) is 15.9 Å². The molecule has 94 valence electrons. The van der Waals surface area contributed by atoms with E-state index in [1.165, 1.54) is 10.7 Å². The second kappa shape index (κ2) is 5.22. The van der Waals surface area contributed by atoms with Crippen LogP contribution < -0.4 is 5.32 Å². The van der Waals surface area contributed by atoms with Crippen molar-refractivity contribution in [1.82, 2.24) is 9.78 Å². The molecule has 18 heavy (non-hydrogen) atoms. The molecule has 0 spiro atoms. The highest BCUT2D eigenvalue weighted by molar-refractivity contribution is 9.10. The number of aryl methyl sites for hydroxylation is 1. The van der Waals surface area contributed by atoms with E-state index < -0.39 is 0 Å². The van der Waals surface area contributed by atoms with Gasteiger partial charge in [0.25, 0.3) is 0 Å². The number of halogens is 1. The number of carbonyl (C=O) groups is 1. The van der Waals surface area contributed by atoms with Gasteiger partial charge >= 0.3 is 0 Å². The summed E-state index contributed by atoms with van der Waals surface area (Å²) < 4.78 is 2.40. The van der Waals surface area contributed by atoms with Crippen molar-refractivity contribution in [3.63, 3.8) is 0 Å². The molecule has 0 aliphatic rings. The van der Waals surface area contributed by atoms with E-state index >= 15 is 0 Å². The summed E-state index contributed by atoms with van der Waals surface area (Å²) >= 11 is 3.33. The van der Waals surface area contributed by atoms with E-state index in [1.54, 1.807) is 24.4 Å². The predicted molar refractivity (Wildman–Crippen MR) is 71.4 cm³/mol. The van der Waals surface area contributed by atoms with E-state index in [0.717, 1.165) is 10.2 Å². The zero-order valence-electron chi connectivity index (χ0n) is 9.72. The van der Waals surface area contributed by atoms with Crippen LogP contribution in [0, 0.1) is 6.92 Å². The molecular weight excluding hydrogens is 298 g/mol. The van der Waals surface area contributed by atoms with Crippen LogP contribution in [0.2, 0.25) is 0 Å². The second-order valence-electron chi connectivity index (χ2n) is 3.83. The highest BCUT2D eigenvalue weighted by Crippen LogP contribution is 2.21. The van der Waals surface area contributed by atoms with Crippen molar-refractivity contribution in [2.45, 2.75) is 13.5 Å². The Morgan fingerprint density at radius 3 is 2.83 bits per heavy atom. The van der Waals surface area contributed by atoms with E-state index in [9.17, 15) is 9.90 Å². The molecule has 0 radical (unpaired) electrons. The Bertz CT molecular complexity index is 561. The molecule has 0 saturated heterocycles. The Morgan fingerprint density at radius 2 is 2.22 bits per heavy atom. The van der Waals surface area contributed by atoms with E-state index in [-0.39, 0.29) is 18.2 Å². The number of aromatic nitrogens is 2. The van der Waals surface area contributed by atoms with Crippen molar-refractivity contribution < 1.29 is 9.90 Å². The molecule has 1 heterocycles. The van der Waals surface area contributed by atoms with Crippen LogP contribution in [0.4, 0.5) is 5.69 Å². The van der Waals surface area contributed by atoms with Crippen LogP contribution in [-0.2, 0) is 11.3 Å². The van der Waals surface area contributed by atoms with E-state index in [2.05, 4.69) is 26.3 Å². The third-order valence-corrected chi connectivity index (χ3v) is 3.15. The Labute approximate surface area is 113 Å². The number of rotatable bonds is 3. The SMILES string of the molecule is Cc1nn(CC(=O)Nc2ccccc2O)cc1Br. The molecule has 0 fully saturated rings. The van der Waals surface area contributed by atoms with Gasteiger partial charge in [-0.25, -0.2) is 0 Å². The highest BCUT2D eigenvalue weighted by atomic mass is 79.9. The number of para-hydroxylation sites is 2. The Morgan fingerprint density at radius 1 is 1.50 bits per heavy atom. The third kappa shape index (κ3) is 2.89. The van der Waals surface area contributed by atoms with Crippen molar-refractivity contribution in [2.75, 3.05) is 5.32 Å². The monoisotopic (exact) mass is 309 g/mol. The molecule has 6 heteroatoms. The lowest BCUT2D eigenvalue weighted by atomic mass is 10.3. The lowest BCUT2D eigenvalue weighted by Gasteiger charge is -2.06. The molecule has 0 aliphatic heterocycles. The molecule has 1 aromatic carbocycles. The summed E-state index contributed by atoms with van der Waals surface area (Å²) in [5.74, 6) is -0.199. The quantitative estimate of drug-likeness (QED) is 0.855. The van der Waals surface area contributed by atoms with E-state index in [0.29, 0.717) is 5.69 Å². The number of amides is 1. The number of nitrogens with zero attached hydrogens (tertiary/aromatic N) is 2. The minimum absolute atomic E-state index is 0.0451. The minimum Gasteiger partial charge on any atom is -0.506 e. The Kier molecular flexibility index (Phi) is 3.66. The first-order valence-electron chi connectivity index (χ1n) is 5.33. The molecule has 0 atom stereocenters. The maximum Gasteiger partial charge on any atom is 0.246 e. The largest absolute Gasteiger partial charge is 0.506 e. The van der Waals surface area contributed by atoms with Crippen LogP contribution in [-0.4, -0.2) is 20.8 Å². The molecule has 2 N–H and O–H groups in total. The van der Waals surface area contributed by atoms with Gasteiger partial charge in [0, 0.05) is 6.20 Å². The van der Waals surface area contributed by atoms with Crippen molar-refractivity contribution in [2.24, 2.45) is 0 Å². The van der Waals surface area contributed by atoms with Gasteiger partial charge in [0.1, 0.15) is 12.3 Å². The zero-order valence-corrected chi connectivity index (χ0v) is 11.3. The van der Waals surface area contributed by atoms with Crippen LogP contribution in [0.3, 0.4) is 0 Å². The molecular formula is C12H12BrN3O2. The summed E-state index contributed by atoms with van der Waals surface area (Å²) in [7, 11) is 0. The average molecular weight is 310 g/mol. The second-order valence-corrected chi connectivity index (χ2v) is 4.68. The highest BCUT2D eigenvalue weighted by Gasteiger charge is 2.08. The molecule has 0 bridgehead atoms. The van der Waals surface area contributed by atoms with Gasteiger partial charge in [-0.3, -0.25) is 9.48 Å². The minimum atomic E-state index is -0.244. The maximum atomic E-state index is 11.8. The fourth-order valence-electron chi connectivity index (χ4n) is 1.49. The maximum absolute atomic E-state index is 11.8. The molecule has 2 aromatic rings. The fraction of sp³-hybridized carbons (Fsp3) is 0.167. The molecule has 2 rings (SSSR count). The summed E-state index contributed by atoms with van der Waals surface area (Å²) in [4.78, 5) is 11.8. The van der Waals surface area contributed by atoms with Crippen LogP contribution in [0.1, 0.15) is 5.69 Å². The molecule has 0 unspecified atom stereocenters. The lowest BCUT2D eigenvalue weighted by molar-refractivity contribution is -0.116. The van der Waals surface area contributed by atoms with Crippen molar-refractivity contribution in [1.29, 1.82) is 0 Å². The normalized spacial score (nSPS) is 10.3. The van der Waals surface area contributed by atoms with Gasteiger partial charge in [-0.2, -0.15) is 5.10 Å². The number of phenolic OH excluding ortho intramolecular Hbond substituents is 1. The van der Waals surface area contributed by atoms with Gasteiger partial charge in [0.2, 0.25) is 5.91 Å². The topological polar surface area (TPSA) is 67.2 Å². The molecule has 0 aliphatic carbocycles. The first-order chi connectivity index (χ1) is 8.56. The van der Waals surface area contributed by atoms with Gasteiger partial charge in [-0.1, -0.05) is 12.1 Å². The fourth-order valence-corrected chi connectivity index (χ4v) is 1.81. The number of phenols is 1. The van der Waals surface area contributed by atoms with Gasteiger partial charge in [-0.15, -0.1) is 0 Å². The number of nitrogens with one attached hydrogen (secondary N) is 1. The number of hydrogen-bond acceptors (Lipinski definition) is 3. The van der Waals surface area contributed by atoms with Crippen LogP contribution in [0.15, 0.2) is 34.9 Å². The molecule has 5 nitrogen and oxygen atoms in total. The lowest BCUT2D eigenvalue weighted by Crippen LogP contribution is -2.19. The summed E-state index contributed by atoms with van der Waals surface area (Å²) in [6.45, 7) is 1.95. The van der Waals surface area contributed by atoms with Crippen molar-refractivity contribution in [3.8, 4) is 5.75 Å². The summed E-state index contributed by atoms with van der Waals surface area (Å²) in [6, 6.07) is 6.59. The third-order valence-electron chi connectivity index (χ3n) is 2.37. The van der Waals surface area contributed by atoms with Crippen molar-refractivity contribution >= 4 is 27.5 Å². The number of hydrogen-bond donors (Lipinski definition) is 2.